The molecular weight excluding hydrogens is 148 g/mol. The van der Waals surface area contributed by atoms with Crippen molar-refractivity contribution in [3.63, 3.8) is 0 Å². The predicted molar refractivity (Wildman–Crippen MR) is 51.3 cm³/mol. The van der Waals surface area contributed by atoms with Gasteiger partial charge >= 0.3 is 0 Å². The van der Waals surface area contributed by atoms with Crippen LogP contribution in [0.2, 0.25) is 0 Å². The molecule has 0 atom stereocenters. The standard InChI is InChI=1S/C11H16O/c1-2-12-10-6-9-11-7-4-3-5-8-11/h3-5,7-8H,2,6,9-10H2,1H3. The molecule has 0 aliphatic rings. The first kappa shape index (κ1) is 9.27. The zero-order valence-electron chi connectivity index (χ0n) is 7.62. The Kier molecular flexibility index (Phi) is 4.47. The highest BCUT2D eigenvalue weighted by Crippen LogP contribution is 2.01. The minimum atomic E-state index is 0.828. The monoisotopic (exact) mass is 164 g/mol. The van der Waals surface area contributed by atoms with Crippen LogP contribution in [-0.2, 0) is 11.2 Å². The maximum absolute atomic E-state index is 5.26. The van der Waals surface area contributed by atoms with E-state index in [2.05, 4.69) is 24.3 Å². The summed E-state index contributed by atoms with van der Waals surface area (Å²) in [5.41, 5.74) is 1.40. The van der Waals surface area contributed by atoms with E-state index in [0.29, 0.717) is 0 Å². The molecule has 0 radical (unpaired) electrons. The lowest BCUT2D eigenvalue weighted by Crippen LogP contribution is -1.95. The normalized spacial score (nSPS) is 10.1. The number of hydrogen-bond acceptors (Lipinski definition) is 1. The second-order valence-electron chi connectivity index (χ2n) is 2.79. The molecule has 0 aliphatic heterocycles. The molecule has 12 heavy (non-hydrogen) atoms. The summed E-state index contributed by atoms with van der Waals surface area (Å²) in [5, 5.41) is 0. The molecule has 1 nitrogen and oxygen atoms in total. The number of aryl methyl sites for hydroxylation is 1. The topological polar surface area (TPSA) is 9.23 Å². The number of ether oxygens (including phenoxy) is 1. The Morgan fingerprint density at radius 3 is 2.58 bits per heavy atom. The van der Waals surface area contributed by atoms with Gasteiger partial charge in [0.15, 0.2) is 0 Å². The highest BCUT2D eigenvalue weighted by molar-refractivity contribution is 5.14. The molecule has 1 heteroatoms. The largest absolute Gasteiger partial charge is 0.382 e. The molecule has 66 valence electrons. The molecule has 0 heterocycles. The van der Waals surface area contributed by atoms with Crippen molar-refractivity contribution in [3.8, 4) is 0 Å². The molecule has 0 spiro atoms. The van der Waals surface area contributed by atoms with Crippen molar-refractivity contribution in [1.29, 1.82) is 0 Å². The second-order valence-corrected chi connectivity index (χ2v) is 2.79. The van der Waals surface area contributed by atoms with Gasteiger partial charge in [0.2, 0.25) is 0 Å². The van der Waals surface area contributed by atoms with E-state index in [1.807, 2.05) is 13.0 Å². The van der Waals surface area contributed by atoms with Crippen molar-refractivity contribution in [3.05, 3.63) is 35.9 Å². The van der Waals surface area contributed by atoms with E-state index < -0.39 is 0 Å². The molecule has 1 rings (SSSR count). The van der Waals surface area contributed by atoms with Crippen LogP contribution < -0.4 is 0 Å². The van der Waals surface area contributed by atoms with E-state index in [9.17, 15) is 0 Å². The van der Waals surface area contributed by atoms with Gasteiger partial charge in [0, 0.05) is 13.2 Å². The van der Waals surface area contributed by atoms with Gasteiger partial charge in [0.1, 0.15) is 0 Å². The molecule has 0 N–H and O–H groups in total. The minimum absolute atomic E-state index is 0.828. The summed E-state index contributed by atoms with van der Waals surface area (Å²) < 4.78 is 5.26. The Bertz CT molecular complexity index is 193. The fourth-order valence-electron chi connectivity index (χ4n) is 1.17. The zero-order chi connectivity index (χ0) is 8.65. The van der Waals surface area contributed by atoms with Crippen molar-refractivity contribution >= 4 is 0 Å². The Morgan fingerprint density at radius 2 is 1.92 bits per heavy atom. The second kappa shape index (κ2) is 5.78. The van der Waals surface area contributed by atoms with Crippen LogP contribution in [-0.4, -0.2) is 13.2 Å². The molecule has 1 aromatic rings. The van der Waals surface area contributed by atoms with Gasteiger partial charge in [-0.2, -0.15) is 0 Å². The van der Waals surface area contributed by atoms with Gasteiger partial charge < -0.3 is 4.74 Å². The van der Waals surface area contributed by atoms with Gasteiger partial charge in [-0.25, -0.2) is 0 Å². The van der Waals surface area contributed by atoms with Gasteiger partial charge in [0.25, 0.3) is 0 Å². The molecule has 0 aromatic heterocycles. The molecule has 0 fully saturated rings. The van der Waals surface area contributed by atoms with Gasteiger partial charge in [-0.05, 0) is 25.3 Å². The smallest absolute Gasteiger partial charge is 0.0469 e. The Labute approximate surface area is 74.4 Å². The first-order chi connectivity index (χ1) is 5.93. The fraction of sp³-hybridized carbons (Fsp3) is 0.455. The molecule has 0 aliphatic carbocycles. The van der Waals surface area contributed by atoms with Crippen LogP contribution in [0.3, 0.4) is 0 Å². The average molecular weight is 164 g/mol. The van der Waals surface area contributed by atoms with Crippen molar-refractivity contribution in [2.75, 3.05) is 13.2 Å². The van der Waals surface area contributed by atoms with Crippen molar-refractivity contribution in [2.24, 2.45) is 0 Å². The van der Waals surface area contributed by atoms with Crippen molar-refractivity contribution < 1.29 is 4.74 Å². The highest BCUT2D eigenvalue weighted by atomic mass is 16.5. The molecule has 1 aromatic carbocycles. The predicted octanol–water partition coefficient (Wildman–Crippen LogP) is 2.66. The maximum Gasteiger partial charge on any atom is 0.0469 e. The van der Waals surface area contributed by atoms with Gasteiger partial charge in [-0.3, -0.25) is 0 Å². The summed E-state index contributed by atoms with van der Waals surface area (Å²) in [4.78, 5) is 0. The van der Waals surface area contributed by atoms with Crippen molar-refractivity contribution in [1.82, 2.24) is 0 Å². The molecular formula is C11H16O. The van der Waals surface area contributed by atoms with E-state index in [4.69, 9.17) is 4.74 Å². The average Bonchev–Trinajstić information content (AvgIpc) is 2.14. The van der Waals surface area contributed by atoms with E-state index in [1.54, 1.807) is 0 Å². The van der Waals surface area contributed by atoms with Crippen LogP contribution in [0.15, 0.2) is 30.3 Å². The highest BCUT2D eigenvalue weighted by Gasteiger charge is 1.90. The van der Waals surface area contributed by atoms with Crippen LogP contribution in [0.4, 0.5) is 0 Å². The summed E-state index contributed by atoms with van der Waals surface area (Å²) in [6.45, 7) is 3.74. The summed E-state index contributed by atoms with van der Waals surface area (Å²) in [5.74, 6) is 0. The first-order valence-corrected chi connectivity index (χ1v) is 4.55. The molecule has 0 bridgehead atoms. The third-order valence-electron chi connectivity index (χ3n) is 1.80. The fourth-order valence-corrected chi connectivity index (χ4v) is 1.17. The van der Waals surface area contributed by atoms with Crippen LogP contribution in [0, 0.1) is 0 Å². The van der Waals surface area contributed by atoms with E-state index in [-0.39, 0.29) is 0 Å². The quantitative estimate of drug-likeness (QED) is 0.608. The third kappa shape index (κ3) is 3.54. The van der Waals surface area contributed by atoms with Gasteiger partial charge in [0.05, 0.1) is 0 Å². The molecule has 0 amide bonds. The summed E-state index contributed by atoms with van der Waals surface area (Å²) in [6.07, 6.45) is 2.25. The Morgan fingerprint density at radius 1 is 1.17 bits per heavy atom. The van der Waals surface area contributed by atoms with Gasteiger partial charge in [-0.15, -0.1) is 0 Å². The molecule has 0 unspecified atom stereocenters. The van der Waals surface area contributed by atoms with Crippen molar-refractivity contribution in [2.45, 2.75) is 19.8 Å². The zero-order valence-corrected chi connectivity index (χ0v) is 7.62. The lowest BCUT2D eigenvalue weighted by molar-refractivity contribution is 0.145. The van der Waals surface area contributed by atoms with Crippen LogP contribution in [0.25, 0.3) is 0 Å². The molecule has 0 saturated heterocycles. The third-order valence-corrected chi connectivity index (χ3v) is 1.80. The minimum Gasteiger partial charge on any atom is -0.382 e. The summed E-state index contributed by atoms with van der Waals surface area (Å²) in [6, 6.07) is 10.5. The maximum atomic E-state index is 5.26. The number of benzene rings is 1. The summed E-state index contributed by atoms with van der Waals surface area (Å²) >= 11 is 0. The van der Waals surface area contributed by atoms with Crippen LogP contribution in [0.5, 0.6) is 0 Å². The lowest BCUT2D eigenvalue weighted by atomic mass is 10.1. The number of hydrogen-bond donors (Lipinski definition) is 0. The lowest BCUT2D eigenvalue weighted by Gasteiger charge is -2.00. The summed E-state index contributed by atoms with van der Waals surface area (Å²) in [7, 11) is 0. The van der Waals surface area contributed by atoms with Crippen LogP contribution >= 0.6 is 0 Å². The SMILES string of the molecule is CCOCCCc1ccccc1. The van der Waals surface area contributed by atoms with Crippen LogP contribution in [0.1, 0.15) is 18.9 Å². The molecule has 0 saturated carbocycles. The Balaban J connectivity index is 2.16. The number of rotatable bonds is 5. The van der Waals surface area contributed by atoms with E-state index in [1.165, 1.54) is 5.56 Å². The van der Waals surface area contributed by atoms with Gasteiger partial charge in [-0.1, -0.05) is 30.3 Å². The first-order valence-electron chi connectivity index (χ1n) is 4.55. The Hall–Kier alpha value is -0.820. The van der Waals surface area contributed by atoms with E-state index >= 15 is 0 Å². The van der Waals surface area contributed by atoms with E-state index in [0.717, 1.165) is 26.1 Å².